The van der Waals surface area contributed by atoms with E-state index in [1.54, 1.807) is 36.5 Å². The summed E-state index contributed by atoms with van der Waals surface area (Å²) in [7, 11) is 0. The van der Waals surface area contributed by atoms with E-state index in [0.717, 1.165) is 0 Å². The first-order valence-electron chi connectivity index (χ1n) is 4.49. The maximum atomic E-state index is 13.3. The standard InChI is InChI=1S/C11H10FN3/c12-9-3-1-2-4-10(9)15-11-7-8(13)5-6-14-11/h1-7H,(H3,13,14,15). The van der Waals surface area contributed by atoms with Crippen LogP contribution in [0.4, 0.5) is 21.6 Å². The summed E-state index contributed by atoms with van der Waals surface area (Å²) in [5.41, 5.74) is 6.55. The maximum Gasteiger partial charge on any atom is 0.146 e. The summed E-state index contributed by atoms with van der Waals surface area (Å²) in [4.78, 5) is 4.02. The monoisotopic (exact) mass is 203 g/mol. The molecule has 0 atom stereocenters. The van der Waals surface area contributed by atoms with Crippen molar-refractivity contribution in [1.29, 1.82) is 0 Å². The van der Waals surface area contributed by atoms with Gasteiger partial charge >= 0.3 is 0 Å². The first-order chi connectivity index (χ1) is 7.25. The zero-order valence-electron chi connectivity index (χ0n) is 7.94. The molecule has 0 unspecified atom stereocenters. The summed E-state index contributed by atoms with van der Waals surface area (Å²) in [6, 6.07) is 9.72. The Bertz CT molecular complexity index is 471. The summed E-state index contributed by atoms with van der Waals surface area (Å²) in [6.45, 7) is 0. The largest absolute Gasteiger partial charge is 0.399 e. The predicted molar refractivity (Wildman–Crippen MR) is 58.3 cm³/mol. The Morgan fingerprint density at radius 3 is 2.73 bits per heavy atom. The number of halogens is 1. The number of hydrogen-bond donors (Lipinski definition) is 2. The third kappa shape index (κ3) is 2.22. The lowest BCUT2D eigenvalue weighted by Gasteiger charge is -2.06. The van der Waals surface area contributed by atoms with Crippen LogP contribution in [0.5, 0.6) is 0 Å². The van der Waals surface area contributed by atoms with E-state index in [4.69, 9.17) is 5.73 Å². The van der Waals surface area contributed by atoms with Crippen LogP contribution in [0.25, 0.3) is 0 Å². The normalized spacial score (nSPS) is 9.93. The van der Waals surface area contributed by atoms with Crippen molar-refractivity contribution in [1.82, 2.24) is 4.98 Å². The van der Waals surface area contributed by atoms with Crippen molar-refractivity contribution >= 4 is 17.2 Å². The number of para-hydroxylation sites is 1. The molecule has 1 heterocycles. The SMILES string of the molecule is Nc1ccnc(Nc2ccccc2F)c1. The molecular weight excluding hydrogens is 193 g/mol. The zero-order chi connectivity index (χ0) is 10.7. The summed E-state index contributed by atoms with van der Waals surface area (Å²) in [6.07, 6.45) is 1.57. The van der Waals surface area contributed by atoms with Crippen LogP contribution < -0.4 is 11.1 Å². The average Bonchev–Trinajstić information content (AvgIpc) is 2.22. The third-order valence-electron chi connectivity index (χ3n) is 1.92. The van der Waals surface area contributed by atoms with Crippen LogP contribution in [0.15, 0.2) is 42.6 Å². The van der Waals surface area contributed by atoms with Gasteiger partial charge in [-0.05, 0) is 18.2 Å². The molecular formula is C11H10FN3. The van der Waals surface area contributed by atoms with Gasteiger partial charge in [-0.1, -0.05) is 12.1 Å². The Hall–Kier alpha value is -2.10. The molecule has 0 fully saturated rings. The quantitative estimate of drug-likeness (QED) is 0.788. The Morgan fingerprint density at radius 1 is 1.20 bits per heavy atom. The molecule has 0 aliphatic rings. The minimum atomic E-state index is -0.318. The van der Waals surface area contributed by atoms with Crippen LogP contribution in [0.2, 0.25) is 0 Å². The number of rotatable bonds is 2. The van der Waals surface area contributed by atoms with Crippen LogP contribution in [-0.4, -0.2) is 4.98 Å². The fourth-order valence-corrected chi connectivity index (χ4v) is 1.22. The van der Waals surface area contributed by atoms with Crippen molar-refractivity contribution in [3.8, 4) is 0 Å². The summed E-state index contributed by atoms with van der Waals surface area (Å²) >= 11 is 0. The number of nitrogen functional groups attached to an aromatic ring is 1. The van der Waals surface area contributed by atoms with Gasteiger partial charge in [0.15, 0.2) is 0 Å². The van der Waals surface area contributed by atoms with Crippen molar-refractivity contribution in [2.24, 2.45) is 0 Å². The van der Waals surface area contributed by atoms with E-state index in [1.165, 1.54) is 6.07 Å². The number of nitrogens with two attached hydrogens (primary N) is 1. The molecule has 4 heteroatoms. The molecule has 3 N–H and O–H groups in total. The summed E-state index contributed by atoms with van der Waals surface area (Å²) in [5, 5.41) is 2.85. The smallest absolute Gasteiger partial charge is 0.146 e. The zero-order valence-corrected chi connectivity index (χ0v) is 7.94. The third-order valence-corrected chi connectivity index (χ3v) is 1.92. The van der Waals surface area contributed by atoms with Gasteiger partial charge in [-0.15, -0.1) is 0 Å². The molecule has 2 rings (SSSR count). The molecule has 3 nitrogen and oxygen atoms in total. The van der Waals surface area contributed by atoms with E-state index >= 15 is 0 Å². The lowest BCUT2D eigenvalue weighted by Crippen LogP contribution is -1.96. The Balaban J connectivity index is 2.26. The van der Waals surface area contributed by atoms with E-state index in [2.05, 4.69) is 10.3 Å². The number of nitrogens with zero attached hydrogens (tertiary/aromatic N) is 1. The molecule has 0 aliphatic carbocycles. The molecule has 0 aliphatic heterocycles. The van der Waals surface area contributed by atoms with Gasteiger partial charge in [0.05, 0.1) is 5.69 Å². The number of anilines is 3. The van der Waals surface area contributed by atoms with Crippen molar-refractivity contribution in [3.05, 3.63) is 48.4 Å². The highest BCUT2D eigenvalue weighted by Crippen LogP contribution is 2.18. The molecule has 0 spiro atoms. The van der Waals surface area contributed by atoms with Gasteiger partial charge < -0.3 is 11.1 Å². The van der Waals surface area contributed by atoms with Crippen LogP contribution in [0, 0.1) is 5.82 Å². The van der Waals surface area contributed by atoms with Gasteiger partial charge in [-0.3, -0.25) is 0 Å². The number of benzene rings is 1. The maximum absolute atomic E-state index is 13.3. The fraction of sp³-hybridized carbons (Fsp3) is 0. The number of hydrogen-bond acceptors (Lipinski definition) is 3. The summed E-state index contributed by atoms with van der Waals surface area (Å²) < 4.78 is 13.3. The van der Waals surface area contributed by atoms with Gasteiger partial charge in [0.25, 0.3) is 0 Å². The number of aromatic nitrogens is 1. The molecule has 0 radical (unpaired) electrons. The van der Waals surface area contributed by atoms with E-state index in [9.17, 15) is 4.39 Å². The first-order valence-corrected chi connectivity index (χ1v) is 4.49. The Labute approximate surface area is 86.8 Å². The van der Waals surface area contributed by atoms with Gasteiger partial charge in [-0.2, -0.15) is 0 Å². The van der Waals surface area contributed by atoms with Gasteiger partial charge in [0, 0.05) is 18.0 Å². The van der Waals surface area contributed by atoms with Crippen LogP contribution in [0.3, 0.4) is 0 Å². The van der Waals surface area contributed by atoms with Crippen LogP contribution in [-0.2, 0) is 0 Å². The molecule has 1 aromatic heterocycles. The summed E-state index contributed by atoms with van der Waals surface area (Å²) in [5.74, 6) is 0.210. The van der Waals surface area contributed by atoms with Crippen molar-refractivity contribution in [3.63, 3.8) is 0 Å². The first kappa shape index (κ1) is 9.45. The molecule has 0 saturated carbocycles. The van der Waals surface area contributed by atoms with E-state index in [0.29, 0.717) is 17.2 Å². The molecule has 0 bridgehead atoms. The van der Waals surface area contributed by atoms with Crippen molar-refractivity contribution < 1.29 is 4.39 Å². The Kier molecular flexibility index (Phi) is 2.49. The van der Waals surface area contributed by atoms with E-state index in [1.807, 2.05) is 0 Å². The highest BCUT2D eigenvalue weighted by molar-refractivity contribution is 5.59. The van der Waals surface area contributed by atoms with Gasteiger partial charge in [-0.25, -0.2) is 9.37 Å². The second kappa shape index (κ2) is 3.96. The van der Waals surface area contributed by atoms with E-state index < -0.39 is 0 Å². The molecule has 76 valence electrons. The predicted octanol–water partition coefficient (Wildman–Crippen LogP) is 2.55. The van der Waals surface area contributed by atoms with Crippen molar-refractivity contribution in [2.75, 3.05) is 11.1 Å². The topological polar surface area (TPSA) is 50.9 Å². The second-order valence-corrected chi connectivity index (χ2v) is 3.08. The van der Waals surface area contributed by atoms with Crippen LogP contribution in [0.1, 0.15) is 0 Å². The highest BCUT2D eigenvalue weighted by Gasteiger charge is 2.01. The molecule has 15 heavy (non-hydrogen) atoms. The van der Waals surface area contributed by atoms with Crippen LogP contribution >= 0.6 is 0 Å². The minimum Gasteiger partial charge on any atom is -0.399 e. The lowest BCUT2D eigenvalue weighted by atomic mass is 10.3. The van der Waals surface area contributed by atoms with E-state index in [-0.39, 0.29) is 5.82 Å². The molecule has 2 aromatic rings. The van der Waals surface area contributed by atoms with Gasteiger partial charge in [0.2, 0.25) is 0 Å². The fourth-order valence-electron chi connectivity index (χ4n) is 1.22. The minimum absolute atomic E-state index is 0.318. The van der Waals surface area contributed by atoms with Gasteiger partial charge in [0.1, 0.15) is 11.6 Å². The number of pyridine rings is 1. The molecule has 0 amide bonds. The molecule has 0 saturated heterocycles. The average molecular weight is 203 g/mol. The van der Waals surface area contributed by atoms with Crippen molar-refractivity contribution in [2.45, 2.75) is 0 Å². The Morgan fingerprint density at radius 2 is 2.00 bits per heavy atom. The molecule has 1 aromatic carbocycles. The number of nitrogens with one attached hydrogen (secondary N) is 1. The lowest BCUT2D eigenvalue weighted by molar-refractivity contribution is 0.632. The second-order valence-electron chi connectivity index (χ2n) is 3.08. The highest BCUT2D eigenvalue weighted by atomic mass is 19.1.